The summed E-state index contributed by atoms with van der Waals surface area (Å²) in [5.41, 5.74) is -0.424. The van der Waals surface area contributed by atoms with Crippen LogP contribution in [0.2, 0.25) is 0 Å². The van der Waals surface area contributed by atoms with E-state index < -0.39 is 10.9 Å². The molecule has 0 saturated carbocycles. The minimum absolute atomic E-state index is 0.0422. The van der Waals surface area contributed by atoms with Gasteiger partial charge in [-0.05, 0) is 12.1 Å². The molecule has 4 heteroatoms. The summed E-state index contributed by atoms with van der Waals surface area (Å²) < 4.78 is 0. The number of rotatable bonds is 2. The molecule has 0 amide bonds. The molecule has 0 radical (unpaired) electrons. The molecule has 0 saturated heterocycles. The number of benzene rings is 1. The van der Waals surface area contributed by atoms with Gasteiger partial charge in [0, 0.05) is 6.07 Å². The Bertz CT molecular complexity index is 538. The fourth-order valence-corrected chi connectivity index (χ4v) is 1.13. The van der Waals surface area contributed by atoms with Crippen molar-refractivity contribution in [1.29, 1.82) is 0 Å². The lowest BCUT2D eigenvalue weighted by molar-refractivity contribution is 0.478. The molecule has 70 valence electrons. The Balaban J connectivity index is 2.30. The molecule has 0 heterocycles. The van der Waals surface area contributed by atoms with Gasteiger partial charge in [-0.3, -0.25) is 9.59 Å². The third kappa shape index (κ3) is 1.26. The highest BCUT2D eigenvalue weighted by molar-refractivity contribution is 5.66. The van der Waals surface area contributed by atoms with Gasteiger partial charge in [0.2, 0.25) is 10.9 Å². The van der Waals surface area contributed by atoms with Crippen LogP contribution in [0.5, 0.6) is 5.75 Å². The normalized spacial score (nSPS) is 10.3. The smallest absolute Gasteiger partial charge is 0.249 e. The molecule has 0 fully saturated rings. The molecule has 2 aromatic rings. The fraction of sp³-hybridized carbons (Fsp3) is 0. The van der Waals surface area contributed by atoms with Gasteiger partial charge in [0.25, 0.3) is 0 Å². The Hall–Kier alpha value is -2.10. The van der Waals surface area contributed by atoms with Crippen LogP contribution in [0.1, 0.15) is 0 Å². The molecule has 4 nitrogen and oxygen atoms in total. The lowest BCUT2D eigenvalue weighted by atomic mass is 10.2. The molecule has 0 aliphatic rings. The molecule has 0 aliphatic heterocycles. The average molecular weight is 189 g/mol. The van der Waals surface area contributed by atoms with Crippen LogP contribution in [-0.2, 0) is 0 Å². The van der Waals surface area contributed by atoms with Crippen molar-refractivity contribution in [1.82, 2.24) is 0 Å². The van der Waals surface area contributed by atoms with E-state index in [4.69, 9.17) is 0 Å². The maximum absolute atomic E-state index is 10.9. The van der Waals surface area contributed by atoms with Crippen LogP contribution in [0.4, 0.5) is 11.4 Å². The van der Waals surface area contributed by atoms with Crippen molar-refractivity contribution in [3.63, 3.8) is 0 Å². The topological polar surface area (TPSA) is 66.4 Å². The fourth-order valence-electron chi connectivity index (χ4n) is 1.13. The van der Waals surface area contributed by atoms with Gasteiger partial charge in [0.05, 0.1) is 11.4 Å². The number of aromatic hydroxyl groups is 1. The monoisotopic (exact) mass is 189 g/mol. The number of hydrogen-bond acceptors (Lipinski definition) is 4. The van der Waals surface area contributed by atoms with Crippen molar-refractivity contribution in [3.8, 4) is 5.75 Å². The Kier molecular flexibility index (Phi) is 1.81. The molecule has 0 bridgehead atoms. The van der Waals surface area contributed by atoms with E-state index in [1.54, 1.807) is 18.2 Å². The van der Waals surface area contributed by atoms with Gasteiger partial charge in [0.15, 0.2) is 0 Å². The van der Waals surface area contributed by atoms with E-state index in [1.807, 2.05) is 0 Å². The van der Waals surface area contributed by atoms with Crippen LogP contribution >= 0.6 is 0 Å². The second kappa shape index (κ2) is 2.99. The molecule has 0 aliphatic carbocycles. The van der Waals surface area contributed by atoms with Crippen molar-refractivity contribution in [2.24, 2.45) is 0 Å². The Morgan fingerprint density at radius 2 is 1.79 bits per heavy atom. The predicted octanol–water partition coefficient (Wildman–Crippen LogP) is 0.732. The Morgan fingerprint density at radius 1 is 1.07 bits per heavy atom. The van der Waals surface area contributed by atoms with Crippen LogP contribution < -0.4 is 16.2 Å². The zero-order chi connectivity index (χ0) is 10.1. The number of para-hydroxylation sites is 2. The third-order valence-electron chi connectivity index (χ3n) is 1.92. The van der Waals surface area contributed by atoms with Crippen molar-refractivity contribution < 1.29 is 5.11 Å². The Morgan fingerprint density at radius 3 is 2.36 bits per heavy atom. The van der Waals surface area contributed by atoms with E-state index in [9.17, 15) is 14.7 Å². The number of phenolic OH excluding ortho intramolecular Hbond substituents is 1. The van der Waals surface area contributed by atoms with Gasteiger partial charge in [-0.1, -0.05) is 12.1 Å². The molecule has 2 aromatic carbocycles. The Labute approximate surface area is 79.1 Å². The second-order valence-corrected chi connectivity index (χ2v) is 2.89. The summed E-state index contributed by atoms with van der Waals surface area (Å²) >= 11 is 0. The first kappa shape index (κ1) is 8.50. The lowest BCUT2D eigenvalue weighted by Gasteiger charge is -2.07. The SMILES string of the molecule is O=c1cc(Nc2ccccc2O)c1=O. The van der Waals surface area contributed by atoms with Crippen molar-refractivity contribution in [3.05, 3.63) is 50.8 Å². The van der Waals surface area contributed by atoms with Gasteiger partial charge in [-0.15, -0.1) is 0 Å². The summed E-state index contributed by atoms with van der Waals surface area (Å²) in [5, 5.41) is 12.0. The quantitative estimate of drug-likeness (QED) is 0.540. The highest BCUT2D eigenvalue weighted by atomic mass is 16.3. The summed E-state index contributed by atoms with van der Waals surface area (Å²) in [4.78, 5) is 21.5. The predicted molar refractivity (Wildman–Crippen MR) is 52.7 cm³/mol. The van der Waals surface area contributed by atoms with Gasteiger partial charge >= 0.3 is 0 Å². The zero-order valence-electron chi connectivity index (χ0n) is 7.15. The average Bonchev–Trinajstić information content (AvgIpc) is 2.20. The molecule has 0 atom stereocenters. The number of hydrogen-bond donors (Lipinski definition) is 2. The summed E-state index contributed by atoms with van der Waals surface area (Å²) in [6.07, 6.45) is 0. The van der Waals surface area contributed by atoms with Gasteiger partial charge in [0.1, 0.15) is 5.75 Å². The van der Waals surface area contributed by atoms with Gasteiger partial charge < -0.3 is 10.4 Å². The zero-order valence-corrected chi connectivity index (χ0v) is 7.15. The number of nitrogens with one attached hydrogen (secondary N) is 1. The largest absolute Gasteiger partial charge is 0.506 e. The lowest BCUT2D eigenvalue weighted by Crippen LogP contribution is -2.31. The molecular weight excluding hydrogens is 182 g/mol. The maximum Gasteiger partial charge on any atom is 0.249 e. The second-order valence-electron chi connectivity index (χ2n) is 2.89. The molecule has 2 N–H and O–H groups in total. The van der Waals surface area contributed by atoms with Crippen LogP contribution in [0.3, 0.4) is 0 Å². The molecular formula is C10H7NO3. The maximum atomic E-state index is 10.9. The van der Waals surface area contributed by atoms with Gasteiger partial charge in [-0.25, -0.2) is 0 Å². The minimum atomic E-state index is -0.548. The first-order valence-electron chi connectivity index (χ1n) is 4.04. The highest BCUT2D eigenvalue weighted by Gasteiger charge is 2.10. The van der Waals surface area contributed by atoms with Gasteiger partial charge in [-0.2, -0.15) is 0 Å². The van der Waals surface area contributed by atoms with Crippen LogP contribution in [-0.4, -0.2) is 5.11 Å². The summed E-state index contributed by atoms with van der Waals surface area (Å²) in [5.74, 6) is 0.0422. The van der Waals surface area contributed by atoms with Crippen molar-refractivity contribution in [2.45, 2.75) is 0 Å². The number of phenols is 1. The van der Waals surface area contributed by atoms with Crippen LogP contribution in [0, 0.1) is 0 Å². The van der Waals surface area contributed by atoms with E-state index in [2.05, 4.69) is 5.32 Å². The molecule has 0 spiro atoms. The van der Waals surface area contributed by atoms with E-state index in [-0.39, 0.29) is 11.4 Å². The van der Waals surface area contributed by atoms with Crippen LogP contribution in [0.25, 0.3) is 0 Å². The molecule has 0 aromatic heterocycles. The summed E-state index contributed by atoms with van der Waals surface area (Å²) in [7, 11) is 0. The molecule has 2 rings (SSSR count). The molecule has 0 unspecified atom stereocenters. The standard InChI is InChI=1S/C10H7NO3/c12-8-4-2-1-3-6(8)11-7-5-9(13)10(7)14/h1-5,11-12H. The van der Waals surface area contributed by atoms with Crippen molar-refractivity contribution in [2.75, 3.05) is 5.32 Å². The summed E-state index contributed by atoms with van der Waals surface area (Å²) in [6.45, 7) is 0. The minimum Gasteiger partial charge on any atom is -0.506 e. The highest BCUT2D eigenvalue weighted by Crippen LogP contribution is 2.23. The molecule has 14 heavy (non-hydrogen) atoms. The van der Waals surface area contributed by atoms with Crippen LogP contribution in [0.15, 0.2) is 39.9 Å². The first-order valence-corrected chi connectivity index (χ1v) is 4.04. The van der Waals surface area contributed by atoms with Crippen molar-refractivity contribution >= 4 is 11.4 Å². The third-order valence-corrected chi connectivity index (χ3v) is 1.92. The van der Waals surface area contributed by atoms with E-state index >= 15 is 0 Å². The first-order chi connectivity index (χ1) is 6.68. The van der Waals surface area contributed by atoms with E-state index in [1.165, 1.54) is 12.1 Å². The van der Waals surface area contributed by atoms with E-state index in [0.717, 1.165) is 0 Å². The summed E-state index contributed by atoms with van der Waals surface area (Å²) in [6, 6.07) is 7.70. The van der Waals surface area contributed by atoms with E-state index in [0.29, 0.717) is 5.69 Å². The number of anilines is 2.